The summed E-state index contributed by atoms with van der Waals surface area (Å²) >= 11 is 1.49. The number of hydrogen-bond donors (Lipinski definition) is 1. The van der Waals surface area contributed by atoms with Gasteiger partial charge in [0, 0.05) is 12.3 Å². The third-order valence-electron chi connectivity index (χ3n) is 3.60. The van der Waals surface area contributed by atoms with Crippen molar-refractivity contribution in [3.8, 4) is 0 Å². The third kappa shape index (κ3) is 2.47. The lowest BCUT2D eigenvalue weighted by atomic mass is 10.2. The van der Waals surface area contributed by atoms with Gasteiger partial charge in [-0.1, -0.05) is 30.3 Å². The topological polar surface area (TPSA) is 49.4 Å². The summed E-state index contributed by atoms with van der Waals surface area (Å²) in [6.07, 6.45) is 1.73. The molecule has 2 fully saturated rings. The largest absolute Gasteiger partial charge is 0.334 e. The van der Waals surface area contributed by atoms with Crippen molar-refractivity contribution in [3.63, 3.8) is 0 Å². The molecule has 2 atom stereocenters. The molecule has 0 aromatic heterocycles. The van der Waals surface area contributed by atoms with Crippen molar-refractivity contribution in [2.24, 2.45) is 0 Å². The molecule has 2 heterocycles. The Balaban J connectivity index is 1.65. The van der Waals surface area contributed by atoms with Crippen LogP contribution in [0, 0.1) is 0 Å². The standard InChI is InChI=1S/C14H16N2O2S/c17-12-11-7-4-8-16(11)14(18)13(15-12)19-9-10-5-2-1-3-6-10/h1-3,5-6,11,13H,4,7-9H2,(H,15,17)/t11-,13+/m0/s1. The Hall–Kier alpha value is -1.49. The zero-order chi connectivity index (χ0) is 13.2. The molecule has 19 heavy (non-hydrogen) atoms. The van der Waals surface area contributed by atoms with Crippen molar-refractivity contribution in [1.82, 2.24) is 10.2 Å². The summed E-state index contributed by atoms with van der Waals surface area (Å²) in [5.41, 5.74) is 1.16. The van der Waals surface area contributed by atoms with Gasteiger partial charge in [-0.15, -0.1) is 11.8 Å². The maximum Gasteiger partial charge on any atom is 0.256 e. The molecule has 0 unspecified atom stereocenters. The number of carbonyl (C=O) groups is 2. The van der Waals surface area contributed by atoms with E-state index in [2.05, 4.69) is 5.32 Å². The van der Waals surface area contributed by atoms with Crippen LogP contribution in [0.15, 0.2) is 30.3 Å². The Morgan fingerprint density at radius 3 is 2.84 bits per heavy atom. The van der Waals surface area contributed by atoms with Gasteiger partial charge in [-0.25, -0.2) is 0 Å². The molecule has 1 aromatic carbocycles. The van der Waals surface area contributed by atoms with Crippen molar-refractivity contribution in [2.75, 3.05) is 6.54 Å². The van der Waals surface area contributed by atoms with Crippen LogP contribution in [0.2, 0.25) is 0 Å². The van der Waals surface area contributed by atoms with E-state index < -0.39 is 5.37 Å². The molecule has 4 nitrogen and oxygen atoms in total. The van der Waals surface area contributed by atoms with E-state index in [-0.39, 0.29) is 17.9 Å². The number of piperazine rings is 1. The first-order chi connectivity index (χ1) is 9.25. The molecule has 1 N–H and O–H groups in total. The van der Waals surface area contributed by atoms with Crippen molar-refractivity contribution in [2.45, 2.75) is 30.0 Å². The van der Waals surface area contributed by atoms with Crippen molar-refractivity contribution < 1.29 is 9.59 Å². The van der Waals surface area contributed by atoms with Gasteiger partial charge >= 0.3 is 0 Å². The molecule has 2 aliphatic heterocycles. The molecule has 0 saturated carbocycles. The van der Waals surface area contributed by atoms with Gasteiger partial charge in [0.1, 0.15) is 6.04 Å². The number of rotatable bonds is 3. The second-order valence-corrected chi connectivity index (χ2v) is 5.97. The number of fused-ring (bicyclic) bond motifs is 1. The number of hydrogen-bond acceptors (Lipinski definition) is 3. The second-order valence-electron chi connectivity index (χ2n) is 4.87. The van der Waals surface area contributed by atoms with Gasteiger partial charge in [-0.3, -0.25) is 9.59 Å². The molecule has 2 amide bonds. The summed E-state index contributed by atoms with van der Waals surface area (Å²) in [4.78, 5) is 25.9. The molecule has 0 aliphatic carbocycles. The van der Waals surface area contributed by atoms with Gasteiger partial charge in [-0.05, 0) is 18.4 Å². The highest BCUT2D eigenvalue weighted by atomic mass is 32.2. The maximum absolute atomic E-state index is 12.3. The molecule has 0 spiro atoms. The van der Waals surface area contributed by atoms with E-state index in [9.17, 15) is 9.59 Å². The lowest BCUT2D eigenvalue weighted by molar-refractivity contribution is -0.144. The zero-order valence-corrected chi connectivity index (χ0v) is 11.4. The molecule has 0 radical (unpaired) electrons. The summed E-state index contributed by atoms with van der Waals surface area (Å²) < 4.78 is 0. The molecule has 1 aromatic rings. The Bertz CT molecular complexity index is 491. The van der Waals surface area contributed by atoms with Crippen LogP contribution in [0.4, 0.5) is 0 Å². The predicted octanol–water partition coefficient (Wildman–Crippen LogP) is 1.37. The molecule has 0 bridgehead atoms. The van der Waals surface area contributed by atoms with E-state index in [1.807, 2.05) is 30.3 Å². The number of carbonyl (C=O) groups excluding carboxylic acids is 2. The van der Waals surface area contributed by atoms with E-state index in [4.69, 9.17) is 0 Å². The van der Waals surface area contributed by atoms with Gasteiger partial charge in [0.15, 0.2) is 5.37 Å². The molecular weight excluding hydrogens is 260 g/mol. The highest BCUT2D eigenvalue weighted by Gasteiger charge is 2.42. The number of nitrogens with zero attached hydrogens (tertiary/aromatic N) is 1. The van der Waals surface area contributed by atoms with Crippen LogP contribution >= 0.6 is 11.8 Å². The number of amides is 2. The minimum atomic E-state index is -0.429. The first-order valence-electron chi connectivity index (χ1n) is 6.52. The Morgan fingerprint density at radius 2 is 2.05 bits per heavy atom. The summed E-state index contributed by atoms with van der Waals surface area (Å²) in [7, 11) is 0. The summed E-state index contributed by atoms with van der Waals surface area (Å²) in [5, 5.41) is 2.41. The summed E-state index contributed by atoms with van der Waals surface area (Å²) in [6.45, 7) is 0.722. The number of nitrogens with one attached hydrogen (secondary N) is 1. The lowest BCUT2D eigenvalue weighted by Crippen LogP contribution is -2.59. The fourth-order valence-electron chi connectivity index (χ4n) is 2.61. The van der Waals surface area contributed by atoms with Crippen molar-refractivity contribution in [3.05, 3.63) is 35.9 Å². The van der Waals surface area contributed by atoms with Crippen LogP contribution in [0.3, 0.4) is 0 Å². The zero-order valence-electron chi connectivity index (χ0n) is 10.5. The molecule has 2 aliphatic rings. The fraction of sp³-hybridized carbons (Fsp3) is 0.429. The highest BCUT2D eigenvalue weighted by Crippen LogP contribution is 2.27. The van der Waals surface area contributed by atoms with Gasteiger partial charge < -0.3 is 10.2 Å². The van der Waals surface area contributed by atoms with Gasteiger partial charge in [0.25, 0.3) is 5.91 Å². The second kappa shape index (κ2) is 5.25. The Labute approximate surface area is 116 Å². The van der Waals surface area contributed by atoms with Gasteiger partial charge in [0.05, 0.1) is 0 Å². The Morgan fingerprint density at radius 1 is 1.26 bits per heavy atom. The molecule has 100 valence electrons. The lowest BCUT2D eigenvalue weighted by Gasteiger charge is -2.34. The number of thioether (sulfide) groups is 1. The average Bonchev–Trinajstić information content (AvgIpc) is 2.92. The molecular formula is C14H16N2O2S. The average molecular weight is 276 g/mol. The van der Waals surface area contributed by atoms with E-state index in [1.54, 1.807) is 4.90 Å². The SMILES string of the molecule is O=C1N[C@H](SCc2ccccc2)C(=O)N2CCC[C@@H]12. The van der Waals surface area contributed by atoms with Crippen LogP contribution in [0.25, 0.3) is 0 Å². The van der Waals surface area contributed by atoms with E-state index >= 15 is 0 Å². The summed E-state index contributed by atoms with van der Waals surface area (Å²) in [5.74, 6) is 0.793. The van der Waals surface area contributed by atoms with Crippen LogP contribution in [-0.2, 0) is 15.3 Å². The fourth-order valence-corrected chi connectivity index (χ4v) is 3.64. The monoisotopic (exact) mass is 276 g/mol. The highest BCUT2D eigenvalue weighted by molar-refractivity contribution is 7.99. The molecule has 5 heteroatoms. The maximum atomic E-state index is 12.3. The quantitative estimate of drug-likeness (QED) is 0.907. The first kappa shape index (κ1) is 12.5. The van der Waals surface area contributed by atoms with Gasteiger partial charge in [-0.2, -0.15) is 0 Å². The van der Waals surface area contributed by atoms with Crippen LogP contribution in [0.5, 0.6) is 0 Å². The van der Waals surface area contributed by atoms with E-state index in [0.717, 1.165) is 30.7 Å². The molecule has 3 rings (SSSR count). The minimum Gasteiger partial charge on any atom is -0.334 e. The smallest absolute Gasteiger partial charge is 0.256 e. The van der Waals surface area contributed by atoms with Crippen LogP contribution < -0.4 is 5.32 Å². The Kier molecular flexibility index (Phi) is 3.46. The predicted molar refractivity (Wildman–Crippen MR) is 74.4 cm³/mol. The van der Waals surface area contributed by atoms with Crippen LogP contribution in [-0.4, -0.2) is 34.7 Å². The number of benzene rings is 1. The third-order valence-corrected chi connectivity index (χ3v) is 4.75. The van der Waals surface area contributed by atoms with Crippen molar-refractivity contribution >= 4 is 23.6 Å². The van der Waals surface area contributed by atoms with E-state index in [1.165, 1.54) is 11.8 Å². The summed E-state index contributed by atoms with van der Waals surface area (Å²) in [6, 6.07) is 9.76. The molecule has 2 saturated heterocycles. The van der Waals surface area contributed by atoms with Crippen LogP contribution in [0.1, 0.15) is 18.4 Å². The normalized spacial score (nSPS) is 26.2. The van der Waals surface area contributed by atoms with E-state index in [0.29, 0.717) is 0 Å². The van der Waals surface area contributed by atoms with Gasteiger partial charge in [0.2, 0.25) is 5.91 Å². The minimum absolute atomic E-state index is 0.00246. The first-order valence-corrected chi connectivity index (χ1v) is 7.57. The van der Waals surface area contributed by atoms with Crippen molar-refractivity contribution in [1.29, 1.82) is 0 Å².